The molecule has 0 unspecified atom stereocenters. The van der Waals surface area contributed by atoms with E-state index in [2.05, 4.69) is 10.4 Å². The molecule has 0 radical (unpaired) electrons. The second kappa shape index (κ2) is 10.4. The molecule has 0 fully saturated rings. The molecule has 0 bridgehead atoms. The van der Waals surface area contributed by atoms with Gasteiger partial charge in [-0.1, -0.05) is 30.3 Å². The Balaban J connectivity index is 1.76. The van der Waals surface area contributed by atoms with E-state index in [-0.39, 0.29) is 18.0 Å². The fourth-order valence-corrected chi connectivity index (χ4v) is 2.54. The molecule has 2 rings (SSSR count). The number of esters is 1. The normalized spacial score (nSPS) is 11.3. The molecule has 0 spiro atoms. The van der Waals surface area contributed by atoms with Crippen LogP contribution in [0.1, 0.15) is 31.9 Å². The third-order valence-electron chi connectivity index (χ3n) is 3.91. The van der Waals surface area contributed by atoms with Gasteiger partial charge < -0.3 is 15.0 Å². The highest BCUT2D eigenvalue weighted by atomic mass is 16.5. The van der Waals surface area contributed by atoms with E-state index in [1.54, 1.807) is 17.0 Å². The number of aromatic nitrogens is 2. The molecule has 2 amide bonds. The van der Waals surface area contributed by atoms with Crippen molar-refractivity contribution in [3.8, 4) is 0 Å². The summed E-state index contributed by atoms with van der Waals surface area (Å²) < 4.78 is 6.72. The third-order valence-corrected chi connectivity index (χ3v) is 3.91. The number of rotatable bonds is 8. The quantitative estimate of drug-likeness (QED) is 0.528. The van der Waals surface area contributed by atoms with Crippen LogP contribution in [0.5, 0.6) is 0 Å². The lowest BCUT2D eigenvalue weighted by Gasteiger charge is -2.23. The number of nitrogens with zero attached hydrogens (tertiary/aromatic N) is 3. The Labute approximate surface area is 176 Å². The van der Waals surface area contributed by atoms with E-state index in [9.17, 15) is 14.4 Å². The van der Waals surface area contributed by atoms with Gasteiger partial charge in [0.2, 0.25) is 5.91 Å². The van der Waals surface area contributed by atoms with Gasteiger partial charge in [-0.15, -0.1) is 0 Å². The largest absolute Gasteiger partial charge is 0.452 e. The molecule has 2 aromatic rings. The number of likely N-dealkylation sites (N-methyl/N-ethyl adjacent to an activating group) is 1. The van der Waals surface area contributed by atoms with Gasteiger partial charge in [-0.3, -0.25) is 14.3 Å². The number of hydrogen-bond acceptors (Lipinski definition) is 5. The monoisotopic (exact) mass is 412 g/mol. The summed E-state index contributed by atoms with van der Waals surface area (Å²) in [6.07, 6.45) is 6.26. The van der Waals surface area contributed by atoms with E-state index in [1.165, 1.54) is 18.0 Å². The minimum absolute atomic E-state index is 0.107. The molecule has 0 aliphatic heterocycles. The second-order valence-corrected chi connectivity index (χ2v) is 7.95. The Kier molecular flexibility index (Phi) is 7.91. The predicted molar refractivity (Wildman–Crippen MR) is 113 cm³/mol. The molecule has 0 aliphatic rings. The van der Waals surface area contributed by atoms with E-state index < -0.39 is 18.5 Å². The first-order chi connectivity index (χ1) is 14.1. The van der Waals surface area contributed by atoms with E-state index >= 15 is 0 Å². The maximum Gasteiger partial charge on any atom is 0.331 e. The van der Waals surface area contributed by atoms with Gasteiger partial charge in [-0.2, -0.15) is 5.10 Å². The molecule has 0 saturated heterocycles. The van der Waals surface area contributed by atoms with Gasteiger partial charge in [0.05, 0.1) is 19.3 Å². The average molecular weight is 412 g/mol. The maximum absolute atomic E-state index is 12.0. The van der Waals surface area contributed by atoms with Crippen molar-refractivity contribution in [1.29, 1.82) is 0 Å². The van der Waals surface area contributed by atoms with Crippen molar-refractivity contribution in [3.05, 3.63) is 59.9 Å². The van der Waals surface area contributed by atoms with Crippen LogP contribution in [0.25, 0.3) is 6.08 Å². The van der Waals surface area contributed by atoms with Crippen molar-refractivity contribution in [1.82, 2.24) is 20.0 Å². The van der Waals surface area contributed by atoms with Crippen LogP contribution < -0.4 is 5.32 Å². The molecule has 1 N–H and O–H groups in total. The average Bonchev–Trinajstić information content (AvgIpc) is 3.11. The molecule has 1 heterocycles. The van der Waals surface area contributed by atoms with Crippen LogP contribution in [-0.2, 0) is 25.7 Å². The number of carbonyl (C=O) groups is 3. The van der Waals surface area contributed by atoms with E-state index in [1.807, 2.05) is 57.3 Å². The standard InChI is InChI=1S/C22H28N4O4/c1-22(2,3)24-19(27)15-25(4)20(28)16-30-21(29)11-10-18-12-23-26(14-18)13-17-8-6-5-7-9-17/h5-12,14H,13,15-16H2,1-4H3,(H,24,27)/b11-10+. The Hall–Kier alpha value is -3.42. The molecule has 0 aliphatic carbocycles. The summed E-state index contributed by atoms with van der Waals surface area (Å²) in [6.45, 7) is 5.65. The molecule has 0 atom stereocenters. The first-order valence-electron chi connectivity index (χ1n) is 9.58. The molecular weight excluding hydrogens is 384 g/mol. The SMILES string of the molecule is CN(CC(=O)NC(C)(C)C)C(=O)COC(=O)/C=C/c1cnn(Cc2ccccc2)c1. The van der Waals surface area contributed by atoms with Crippen LogP contribution in [0.4, 0.5) is 0 Å². The number of ether oxygens (including phenoxy) is 1. The zero-order valence-electron chi connectivity index (χ0n) is 17.8. The summed E-state index contributed by atoms with van der Waals surface area (Å²) >= 11 is 0. The highest BCUT2D eigenvalue weighted by molar-refractivity contribution is 5.90. The number of hydrogen-bond donors (Lipinski definition) is 1. The summed E-state index contributed by atoms with van der Waals surface area (Å²) in [5, 5.41) is 7.02. The molecule has 30 heavy (non-hydrogen) atoms. The number of benzene rings is 1. The van der Waals surface area contributed by atoms with Crippen LogP contribution in [0.3, 0.4) is 0 Å². The molecule has 160 valence electrons. The zero-order chi connectivity index (χ0) is 22.1. The minimum Gasteiger partial charge on any atom is -0.452 e. The predicted octanol–water partition coefficient (Wildman–Crippen LogP) is 1.86. The van der Waals surface area contributed by atoms with Gasteiger partial charge in [-0.05, 0) is 32.4 Å². The smallest absolute Gasteiger partial charge is 0.331 e. The highest BCUT2D eigenvalue weighted by Crippen LogP contribution is 2.05. The third kappa shape index (κ3) is 8.30. The summed E-state index contributed by atoms with van der Waals surface area (Å²) in [5.74, 6) is -1.39. The summed E-state index contributed by atoms with van der Waals surface area (Å²) in [5.41, 5.74) is 1.48. The molecule has 0 saturated carbocycles. The van der Waals surface area contributed by atoms with Crippen molar-refractivity contribution in [2.75, 3.05) is 20.2 Å². The van der Waals surface area contributed by atoms with Crippen LogP contribution in [0.2, 0.25) is 0 Å². The lowest BCUT2D eigenvalue weighted by atomic mass is 10.1. The van der Waals surface area contributed by atoms with Crippen molar-refractivity contribution in [2.45, 2.75) is 32.9 Å². The fourth-order valence-electron chi connectivity index (χ4n) is 2.54. The number of carbonyl (C=O) groups excluding carboxylic acids is 3. The van der Waals surface area contributed by atoms with Gasteiger partial charge in [0.25, 0.3) is 5.91 Å². The van der Waals surface area contributed by atoms with E-state index in [4.69, 9.17) is 4.74 Å². The van der Waals surface area contributed by atoms with Gasteiger partial charge in [0, 0.05) is 30.4 Å². The fraction of sp³-hybridized carbons (Fsp3) is 0.364. The van der Waals surface area contributed by atoms with Gasteiger partial charge >= 0.3 is 5.97 Å². The summed E-state index contributed by atoms with van der Waals surface area (Å²) in [6, 6.07) is 9.90. The molecular formula is C22H28N4O4. The summed E-state index contributed by atoms with van der Waals surface area (Å²) in [4.78, 5) is 37.0. The van der Waals surface area contributed by atoms with Crippen LogP contribution in [0, 0.1) is 0 Å². The van der Waals surface area contributed by atoms with Crippen LogP contribution in [0.15, 0.2) is 48.8 Å². The first-order valence-corrected chi connectivity index (χ1v) is 9.58. The lowest BCUT2D eigenvalue weighted by Crippen LogP contribution is -2.46. The van der Waals surface area contributed by atoms with Crippen LogP contribution >= 0.6 is 0 Å². The first kappa shape index (κ1) is 22.9. The Morgan fingerprint density at radius 1 is 1.20 bits per heavy atom. The Morgan fingerprint density at radius 3 is 2.57 bits per heavy atom. The summed E-state index contributed by atoms with van der Waals surface area (Å²) in [7, 11) is 1.48. The lowest BCUT2D eigenvalue weighted by molar-refractivity contribution is -0.148. The molecule has 1 aromatic carbocycles. The maximum atomic E-state index is 12.0. The van der Waals surface area contributed by atoms with Crippen molar-refractivity contribution >= 4 is 23.9 Å². The molecule has 8 nitrogen and oxygen atoms in total. The van der Waals surface area contributed by atoms with Crippen LogP contribution in [-0.4, -0.2) is 58.2 Å². The second-order valence-electron chi connectivity index (χ2n) is 7.95. The highest BCUT2D eigenvalue weighted by Gasteiger charge is 2.18. The van der Waals surface area contributed by atoms with Gasteiger partial charge in [0.15, 0.2) is 6.61 Å². The van der Waals surface area contributed by atoms with E-state index in [0.29, 0.717) is 6.54 Å². The Bertz CT molecular complexity index is 897. The van der Waals surface area contributed by atoms with E-state index in [0.717, 1.165) is 11.1 Å². The van der Waals surface area contributed by atoms with Gasteiger partial charge in [0.1, 0.15) is 0 Å². The van der Waals surface area contributed by atoms with Crippen molar-refractivity contribution in [2.24, 2.45) is 0 Å². The minimum atomic E-state index is -0.647. The Morgan fingerprint density at radius 2 is 1.90 bits per heavy atom. The molecule has 8 heteroatoms. The number of nitrogens with one attached hydrogen (secondary N) is 1. The van der Waals surface area contributed by atoms with Crippen molar-refractivity contribution < 1.29 is 19.1 Å². The zero-order valence-corrected chi connectivity index (χ0v) is 17.8. The topological polar surface area (TPSA) is 93.5 Å². The van der Waals surface area contributed by atoms with Gasteiger partial charge in [-0.25, -0.2) is 4.79 Å². The van der Waals surface area contributed by atoms with Crippen molar-refractivity contribution in [3.63, 3.8) is 0 Å². The number of amides is 2. The molecule has 1 aromatic heterocycles.